The maximum absolute atomic E-state index is 12.7. The number of anilines is 1. The Morgan fingerprint density at radius 2 is 1.77 bits per heavy atom. The molecule has 0 saturated carbocycles. The van der Waals surface area contributed by atoms with Gasteiger partial charge in [-0.1, -0.05) is 34.1 Å². The number of carbonyl (C=O) groups excluding carboxylic acids is 1. The summed E-state index contributed by atoms with van der Waals surface area (Å²) in [5, 5.41) is 0. The molecule has 0 N–H and O–H groups in total. The molecule has 30 heavy (non-hydrogen) atoms. The zero-order valence-electron chi connectivity index (χ0n) is 18.9. The first-order valence-electron chi connectivity index (χ1n) is 11.1. The summed E-state index contributed by atoms with van der Waals surface area (Å²) in [6.45, 7) is 13.8. The van der Waals surface area contributed by atoms with Crippen LogP contribution in [-0.2, 0) is 11.0 Å². The van der Waals surface area contributed by atoms with Crippen molar-refractivity contribution in [2.75, 3.05) is 31.1 Å². The lowest BCUT2D eigenvalue weighted by Crippen LogP contribution is -2.49. The highest BCUT2D eigenvalue weighted by atomic mass is 19.4. The number of aromatic nitrogens is 1. The molecule has 1 atom stereocenters. The van der Waals surface area contributed by atoms with Crippen LogP contribution < -0.4 is 4.90 Å². The number of pyridine rings is 1. The Morgan fingerprint density at radius 3 is 2.23 bits per heavy atom. The van der Waals surface area contributed by atoms with E-state index in [2.05, 4.69) is 32.7 Å². The predicted octanol–water partition coefficient (Wildman–Crippen LogP) is 5.48. The molecule has 7 heteroatoms. The lowest BCUT2D eigenvalue weighted by molar-refractivity contribution is -0.140. The van der Waals surface area contributed by atoms with Crippen LogP contribution in [0.25, 0.3) is 0 Å². The molecule has 3 heterocycles. The Kier molecular flexibility index (Phi) is 8.56. The van der Waals surface area contributed by atoms with Gasteiger partial charge in [0.15, 0.2) is 5.69 Å². The number of likely N-dealkylation sites (tertiary alicyclic amines) is 1. The van der Waals surface area contributed by atoms with Gasteiger partial charge in [-0.05, 0) is 48.6 Å². The lowest BCUT2D eigenvalue weighted by atomic mass is 9.84. The molecule has 0 bridgehead atoms. The molecule has 0 spiro atoms. The Bertz CT molecular complexity index is 679. The summed E-state index contributed by atoms with van der Waals surface area (Å²) in [7, 11) is 0. The van der Waals surface area contributed by atoms with Gasteiger partial charge in [0.25, 0.3) is 0 Å². The number of halogens is 3. The van der Waals surface area contributed by atoms with Gasteiger partial charge in [-0.3, -0.25) is 4.79 Å². The van der Waals surface area contributed by atoms with Crippen molar-refractivity contribution in [3.8, 4) is 0 Å². The highest BCUT2D eigenvalue weighted by molar-refractivity contribution is 5.73. The van der Waals surface area contributed by atoms with E-state index in [9.17, 15) is 18.0 Å². The van der Waals surface area contributed by atoms with E-state index < -0.39 is 11.9 Å². The van der Waals surface area contributed by atoms with E-state index in [0.717, 1.165) is 24.9 Å². The van der Waals surface area contributed by atoms with Gasteiger partial charge in [0, 0.05) is 39.3 Å². The molecule has 4 nitrogen and oxygen atoms in total. The van der Waals surface area contributed by atoms with E-state index in [1.54, 1.807) is 17.9 Å². The third-order valence-electron chi connectivity index (χ3n) is 6.68. The lowest BCUT2D eigenvalue weighted by Gasteiger charge is -2.43. The summed E-state index contributed by atoms with van der Waals surface area (Å²) in [4.78, 5) is 18.2. The Morgan fingerprint density at radius 1 is 1.17 bits per heavy atom. The second-order valence-corrected chi connectivity index (χ2v) is 9.01. The average molecular weight is 428 g/mol. The summed E-state index contributed by atoms with van der Waals surface area (Å²) in [6.07, 6.45) is 0.486. The van der Waals surface area contributed by atoms with Gasteiger partial charge in [0.2, 0.25) is 5.91 Å². The van der Waals surface area contributed by atoms with Crippen LogP contribution in [0.1, 0.15) is 59.6 Å². The fourth-order valence-electron chi connectivity index (χ4n) is 4.12. The van der Waals surface area contributed by atoms with E-state index in [0.29, 0.717) is 24.9 Å². The highest BCUT2D eigenvalue weighted by Crippen LogP contribution is 2.38. The first-order valence-corrected chi connectivity index (χ1v) is 11.1. The normalized spacial score (nSPS) is 19.2. The smallest absolute Gasteiger partial charge is 0.369 e. The van der Waals surface area contributed by atoms with E-state index in [1.165, 1.54) is 31.5 Å². The monoisotopic (exact) mass is 427 g/mol. The minimum atomic E-state index is -4.38. The van der Waals surface area contributed by atoms with Crippen LogP contribution in [-0.4, -0.2) is 42.0 Å². The zero-order chi connectivity index (χ0) is 22.5. The maximum Gasteiger partial charge on any atom is 0.435 e. The molecule has 3 rings (SSSR count). The first kappa shape index (κ1) is 24.5. The van der Waals surface area contributed by atoms with Crippen molar-refractivity contribution in [2.45, 2.75) is 60.1 Å². The fourth-order valence-corrected chi connectivity index (χ4v) is 4.12. The molecule has 2 fully saturated rings. The highest BCUT2D eigenvalue weighted by Gasteiger charge is 2.39. The molecular formula is C23H36F3N3O. The number of hydrogen-bond donors (Lipinski definition) is 0. The Balaban J connectivity index is 0.000000222. The number of amides is 1. The Hall–Kier alpha value is -1.79. The average Bonchev–Trinajstić information content (AvgIpc) is 2.66. The van der Waals surface area contributed by atoms with Crippen molar-refractivity contribution in [1.29, 1.82) is 0 Å². The summed E-state index contributed by atoms with van der Waals surface area (Å²) in [5.41, 5.74) is -0.570. The number of hydrogen-bond acceptors (Lipinski definition) is 3. The molecule has 2 aliphatic heterocycles. The Labute approximate surface area is 178 Å². The molecule has 0 radical (unpaired) electrons. The number of alkyl halides is 3. The van der Waals surface area contributed by atoms with Crippen molar-refractivity contribution in [2.24, 2.45) is 23.7 Å². The van der Waals surface area contributed by atoms with E-state index >= 15 is 0 Å². The van der Waals surface area contributed by atoms with Crippen LogP contribution in [0.4, 0.5) is 18.9 Å². The van der Waals surface area contributed by atoms with Crippen molar-refractivity contribution < 1.29 is 18.0 Å². The van der Waals surface area contributed by atoms with Crippen LogP contribution in [0.2, 0.25) is 0 Å². The minimum absolute atomic E-state index is 0.205. The van der Waals surface area contributed by atoms with E-state index in [1.807, 2.05) is 4.90 Å². The molecule has 1 aromatic rings. The standard InChI is InChI=1S/C12H15F3N2.C11H21NO/c1-8(2)9-6-17(7-9)10-4-3-5-16-11(10)12(13,14)15;1-4-9(2)11-5-7-12(8-6-11)10(3)13/h3-5,8-9H,6-7H2,1-2H3;9,11H,4-8H2,1-3H3. The zero-order valence-corrected chi connectivity index (χ0v) is 18.9. The quantitative estimate of drug-likeness (QED) is 0.638. The van der Waals surface area contributed by atoms with Crippen LogP contribution in [0.15, 0.2) is 18.3 Å². The number of piperidine rings is 1. The van der Waals surface area contributed by atoms with Gasteiger partial charge in [-0.15, -0.1) is 0 Å². The van der Waals surface area contributed by atoms with Gasteiger partial charge in [0.1, 0.15) is 0 Å². The van der Waals surface area contributed by atoms with Crippen LogP contribution in [0.5, 0.6) is 0 Å². The molecule has 1 aromatic heterocycles. The second kappa shape index (κ2) is 10.5. The molecular weight excluding hydrogens is 391 g/mol. The molecule has 170 valence electrons. The molecule has 0 aliphatic carbocycles. The maximum atomic E-state index is 12.7. The van der Waals surface area contributed by atoms with Crippen molar-refractivity contribution in [1.82, 2.24) is 9.88 Å². The SMILES string of the molecule is CC(C)C1CN(c2cccnc2C(F)(F)F)C1.CCC(C)C1CCN(C(C)=O)CC1. The second-order valence-electron chi connectivity index (χ2n) is 9.01. The van der Waals surface area contributed by atoms with Gasteiger partial charge < -0.3 is 9.80 Å². The van der Waals surface area contributed by atoms with Gasteiger partial charge in [-0.2, -0.15) is 13.2 Å². The summed E-state index contributed by atoms with van der Waals surface area (Å²) in [5.74, 6) is 2.91. The largest absolute Gasteiger partial charge is 0.435 e. The molecule has 2 saturated heterocycles. The van der Waals surface area contributed by atoms with Gasteiger partial charge in [0.05, 0.1) is 5.69 Å². The van der Waals surface area contributed by atoms with Gasteiger partial charge in [-0.25, -0.2) is 4.98 Å². The third kappa shape index (κ3) is 6.35. The van der Waals surface area contributed by atoms with Crippen LogP contribution in [0.3, 0.4) is 0 Å². The molecule has 0 aromatic carbocycles. The number of nitrogens with zero attached hydrogens (tertiary/aromatic N) is 3. The van der Waals surface area contributed by atoms with Crippen molar-refractivity contribution in [3.05, 3.63) is 24.0 Å². The summed E-state index contributed by atoms with van der Waals surface area (Å²) < 4.78 is 38.2. The minimum Gasteiger partial charge on any atom is -0.369 e. The molecule has 1 unspecified atom stereocenters. The topological polar surface area (TPSA) is 36.4 Å². The first-order chi connectivity index (χ1) is 14.0. The van der Waals surface area contributed by atoms with Crippen LogP contribution >= 0.6 is 0 Å². The number of carbonyl (C=O) groups is 1. The van der Waals surface area contributed by atoms with Crippen molar-refractivity contribution >= 4 is 11.6 Å². The third-order valence-corrected chi connectivity index (χ3v) is 6.68. The molecule has 2 aliphatic rings. The van der Waals surface area contributed by atoms with Crippen LogP contribution in [0, 0.1) is 23.7 Å². The van der Waals surface area contributed by atoms with E-state index in [4.69, 9.17) is 0 Å². The van der Waals surface area contributed by atoms with Crippen molar-refractivity contribution in [3.63, 3.8) is 0 Å². The van der Waals surface area contributed by atoms with Gasteiger partial charge >= 0.3 is 6.18 Å². The number of rotatable bonds is 4. The summed E-state index contributed by atoms with van der Waals surface area (Å²) in [6, 6.07) is 3.04. The fraction of sp³-hybridized carbons (Fsp3) is 0.739. The predicted molar refractivity (Wildman–Crippen MR) is 114 cm³/mol. The summed E-state index contributed by atoms with van der Waals surface area (Å²) >= 11 is 0. The molecule has 1 amide bonds. The van der Waals surface area contributed by atoms with E-state index in [-0.39, 0.29) is 11.6 Å².